The molecule has 7 heteroatoms. The van der Waals surface area contributed by atoms with Gasteiger partial charge in [-0.1, -0.05) is 26.2 Å². The molecular weight excluding hydrogens is 304 g/mol. The highest BCUT2D eigenvalue weighted by Gasteiger charge is 2.34. The third kappa shape index (κ3) is 5.32. The molecule has 1 aliphatic carbocycles. The summed E-state index contributed by atoms with van der Waals surface area (Å²) >= 11 is 0. The van der Waals surface area contributed by atoms with Gasteiger partial charge in [0.15, 0.2) is 0 Å². The Labute approximate surface area is 139 Å². The smallest absolute Gasteiger partial charge is 0.315 e. The molecule has 1 atom stereocenters. The van der Waals surface area contributed by atoms with Crippen LogP contribution >= 0.6 is 12.4 Å². The molecule has 2 rings (SSSR count). The SMILES string of the molecule is CC1(CN)CCN(C(=O)CNC(=O)NC2CCCCC2)C1.Cl. The minimum atomic E-state index is -0.226. The van der Waals surface area contributed by atoms with E-state index in [1.807, 2.05) is 0 Å². The molecule has 0 aromatic rings. The predicted octanol–water partition coefficient (Wildman–Crippen LogP) is 1.24. The zero-order valence-corrected chi connectivity index (χ0v) is 14.2. The predicted molar refractivity (Wildman–Crippen MR) is 89.0 cm³/mol. The summed E-state index contributed by atoms with van der Waals surface area (Å²) in [7, 11) is 0. The van der Waals surface area contributed by atoms with Crippen LogP contribution in [0.25, 0.3) is 0 Å². The Morgan fingerprint density at radius 2 is 1.95 bits per heavy atom. The van der Waals surface area contributed by atoms with Crippen molar-refractivity contribution in [3.8, 4) is 0 Å². The van der Waals surface area contributed by atoms with E-state index < -0.39 is 0 Å². The normalized spacial score (nSPS) is 25.5. The van der Waals surface area contributed by atoms with Crippen molar-refractivity contribution in [2.45, 2.75) is 51.5 Å². The summed E-state index contributed by atoms with van der Waals surface area (Å²) in [6.45, 7) is 4.18. The summed E-state index contributed by atoms with van der Waals surface area (Å²) in [5.74, 6) is -0.0223. The first kappa shape index (κ1) is 19.0. The van der Waals surface area contributed by atoms with Gasteiger partial charge in [-0.05, 0) is 31.2 Å². The van der Waals surface area contributed by atoms with Crippen molar-refractivity contribution in [3.63, 3.8) is 0 Å². The Morgan fingerprint density at radius 3 is 2.55 bits per heavy atom. The molecule has 1 saturated carbocycles. The zero-order chi connectivity index (χ0) is 15.3. The topological polar surface area (TPSA) is 87.5 Å². The van der Waals surface area contributed by atoms with Gasteiger partial charge in [0.05, 0.1) is 6.54 Å². The van der Waals surface area contributed by atoms with Gasteiger partial charge in [0.1, 0.15) is 0 Å². The number of likely N-dealkylation sites (tertiary alicyclic amines) is 1. The molecule has 1 aliphatic heterocycles. The quantitative estimate of drug-likeness (QED) is 0.723. The number of hydrogen-bond acceptors (Lipinski definition) is 3. The van der Waals surface area contributed by atoms with Crippen LogP contribution in [-0.4, -0.2) is 49.1 Å². The van der Waals surface area contributed by atoms with Crippen molar-refractivity contribution in [1.29, 1.82) is 0 Å². The Bertz CT molecular complexity index is 388. The molecule has 0 bridgehead atoms. The Kier molecular flexibility index (Phi) is 7.42. The average molecular weight is 333 g/mol. The third-order valence-electron chi connectivity index (χ3n) is 4.74. The fourth-order valence-electron chi connectivity index (χ4n) is 3.15. The second kappa shape index (κ2) is 8.58. The fourth-order valence-corrected chi connectivity index (χ4v) is 3.15. The summed E-state index contributed by atoms with van der Waals surface area (Å²) in [5.41, 5.74) is 5.77. The lowest BCUT2D eigenvalue weighted by atomic mass is 9.90. The largest absolute Gasteiger partial charge is 0.341 e. The van der Waals surface area contributed by atoms with Gasteiger partial charge in [0.25, 0.3) is 0 Å². The number of carbonyl (C=O) groups excluding carboxylic acids is 2. The first-order valence-electron chi connectivity index (χ1n) is 8.05. The van der Waals surface area contributed by atoms with Gasteiger partial charge in [0.2, 0.25) is 5.91 Å². The van der Waals surface area contributed by atoms with Crippen LogP contribution in [0.2, 0.25) is 0 Å². The van der Waals surface area contributed by atoms with Crippen LogP contribution in [-0.2, 0) is 4.79 Å². The first-order valence-corrected chi connectivity index (χ1v) is 8.05. The van der Waals surface area contributed by atoms with E-state index in [9.17, 15) is 9.59 Å². The lowest BCUT2D eigenvalue weighted by Crippen LogP contribution is -2.47. The number of carbonyl (C=O) groups is 2. The fraction of sp³-hybridized carbons (Fsp3) is 0.867. The zero-order valence-electron chi connectivity index (χ0n) is 13.4. The van der Waals surface area contributed by atoms with Crippen molar-refractivity contribution in [3.05, 3.63) is 0 Å². The molecule has 1 unspecified atom stereocenters. The molecule has 0 radical (unpaired) electrons. The third-order valence-corrected chi connectivity index (χ3v) is 4.74. The van der Waals surface area contributed by atoms with Crippen molar-refractivity contribution in [2.75, 3.05) is 26.2 Å². The number of halogens is 1. The van der Waals surface area contributed by atoms with E-state index in [2.05, 4.69) is 17.6 Å². The molecule has 1 heterocycles. The molecule has 2 aliphatic rings. The summed E-state index contributed by atoms with van der Waals surface area (Å²) in [4.78, 5) is 25.7. The van der Waals surface area contributed by atoms with E-state index in [4.69, 9.17) is 5.73 Å². The number of rotatable bonds is 4. The van der Waals surface area contributed by atoms with Crippen LogP contribution < -0.4 is 16.4 Å². The highest BCUT2D eigenvalue weighted by atomic mass is 35.5. The van der Waals surface area contributed by atoms with Gasteiger partial charge < -0.3 is 21.3 Å². The van der Waals surface area contributed by atoms with Gasteiger partial charge in [-0.25, -0.2) is 4.79 Å². The Morgan fingerprint density at radius 1 is 1.27 bits per heavy atom. The van der Waals surface area contributed by atoms with Gasteiger partial charge in [-0.3, -0.25) is 4.79 Å². The van der Waals surface area contributed by atoms with E-state index in [-0.39, 0.29) is 42.3 Å². The highest BCUT2D eigenvalue weighted by Crippen LogP contribution is 2.28. The van der Waals surface area contributed by atoms with Crippen molar-refractivity contribution in [2.24, 2.45) is 11.1 Å². The van der Waals surface area contributed by atoms with E-state index in [1.165, 1.54) is 19.3 Å². The maximum atomic E-state index is 12.1. The number of urea groups is 1. The molecule has 22 heavy (non-hydrogen) atoms. The van der Waals surface area contributed by atoms with E-state index >= 15 is 0 Å². The van der Waals surface area contributed by atoms with Gasteiger partial charge in [0, 0.05) is 19.1 Å². The standard InChI is InChI=1S/C15H28N4O2.ClH/c1-15(10-16)7-8-19(11-15)13(20)9-17-14(21)18-12-5-3-2-4-6-12;/h12H,2-11,16H2,1H3,(H2,17,18,21);1H. The van der Waals surface area contributed by atoms with E-state index in [0.29, 0.717) is 13.1 Å². The van der Waals surface area contributed by atoms with Crippen LogP contribution in [0.15, 0.2) is 0 Å². The van der Waals surface area contributed by atoms with Gasteiger partial charge >= 0.3 is 6.03 Å². The number of hydrogen-bond donors (Lipinski definition) is 3. The lowest BCUT2D eigenvalue weighted by molar-refractivity contribution is -0.129. The molecule has 0 aromatic carbocycles. The number of amides is 3. The minimum Gasteiger partial charge on any atom is -0.341 e. The summed E-state index contributed by atoms with van der Waals surface area (Å²) in [6, 6.07) is 0.0391. The Hall–Kier alpha value is -1.01. The maximum absolute atomic E-state index is 12.1. The molecule has 0 aromatic heterocycles. The summed E-state index contributed by atoms with van der Waals surface area (Å²) in [5, 5.41) is 5.63. The molecule has 0 spiro atoms. The van der Waals surface area contributed by atoms with Crippen molar-refractivity contribution >= 4 is 24.3 Å². The van der Waals surface area contributed by atoms with E-state index in [1.54, 1.807) is 4.90 Å². The molecule has 3 amide bonds. The van der Waals surface area contributed by atoms with Crippen molar-refractivity contribution < 1.29 is 9.59 Å². The summed E-state index contributed by atoms with van der Waals surface area (Å²) in [6.07, 6.45) is 6.63. The van der Waals surface area contributed by atoms with Crippen LogP contribution in [0.3, 0.4) is 0 Å². The molecule has 1 saturated heterocycles. The molecule has 2 fully saturated rings. The average Bonchev–Trinajstić information content (AvgIpc) is 2.89. The van der Waals surface area contributed by atoms with Gasteiger partial charge in [-0.15, -0.1) is 12.4 Å². The van der Waals surface area contributed by atoms with E-state index in [0.717, 1.165) is 25.8 Å². The monoisotopic (exact) mass is 332 g/mol. The number of nitrogens with one attached hydrogen (secondary N) is 2. The molecular formula is C15H29ClN4O2. The molecule has 128 valence electrons. The highest BCUT2D eigenvalue weighted by molar-refractivity contribution is 5.85. The lowest BCUT2D eigenvalue weighted by Gasteiger charge is -2.24. The summed E-state index contributed by atoms with van der Waals surface area (Å²) < 4.78 is 0. The van der Waals surface area contributed by atoms with Crippen LogP contribution in [0.4, 0.5) is 4.79 Å². The number of nitrogens with two attached hydrogens (primary N) is 1. The molecule has 4 N–H and O–H groups in total. The number of nitrogens with zero attached hydrogens (tertiary/aromatic N) is 1. The molecule has 6 nitrogen and oxygen atoms in total. The second-order valence-electron chi connectivity index (χ2n) is 6.74. The second-order valence-corrected chi connectivity index (χ2v) is 6.74. The maximum Gasteiger partial charge on any atom is 0.315 e. The Balaban J connectivity index is 0.00000242. The van der Waals surface area contributed by atoms with Crippen molar-refractivity contribution in [1.82, 2.24) is 15.5 Å². The van der Waals surface area contributed by atoms with Crippen LogP contribution in [0.1, 0.15) is 45.4 Å². The minimum absolute atomic E-state index is 0. The van der Waals surface area contributed by atoms with Gasteiger partial charge in [-0.2, -0.15) is 0 Å². The van der Waals surface area contributed by atoms with Crippen LogP contribution in [0.5, 0.6) is 0 Å². The van der Waals surface area contributed by atoms with Crippen LogP contribution in [0, 0.1) is 5.41 Å². The first-order chi connectivity index (χ1) is 10.0.